The van der Waals surface area contributed by atoms with Crippen molar-refractivity contribution in [1.82, 2.24) is 19.5 Å². The molecule has 1 fully saturated rings. The Morgan fingerprint density at radius 2 is 1.77 bits per heavy atom. The second-order valence-electron chi connectivity index (χ2n) is 7.77. The number of benzene rings is 2. The number of fused-ring (bicyclic) bond motifs is 1. The summed E-state index contributed by atoms with van der Waals surface area (Å²) in [6, 6.07) is 13.8. The minimum Gasteiger partial charge on any atom is -0.496 e. The van der Waals surface area contributed by atoms with Gasteiger partial charge in [-0.15, -0.1) is 0 Å². The Balaban J connectivity index is 1.36. The van der Waals surface area contributed by atoms with Crippen LogP contribution >= 0.6 is 31.9 Å². The van der Waals surface area contributed by atoms with Gasteiger partial charge in [-0.2, -0.15) is 4.31 Å². The van der Waals surface area contributed by atoms with Crippen molar-refractivity contribution in [3.05, 3.63) is 63.2 Å². The molecule has 1 saturated heterocycles. The standard InChI is InChI=1S/C23H22Br2N4O5S/c1-34-20-13-19(27-18-5-3-2-4-16(18)20)23(31)26-14-22(30)28-8-10-29(11-9-28)35(32,33)21-12-15(24)6-7-17(21)25/h2-7,12-13H,8-11,14H2,1H3,(H,26,31). The second kappa shape index (κ2) is 10.6. The number of hydrogen-bond donors (Lipinski definition) is 1. The zero-order valence-electron chi connectivity index (χ0n) is 18.7. The number of pyridine rings is 1. The summed E-state index contributed by atoms with van der Waals surface area (Å²) in [5, 5.41) is 3.38. The third kappa shape index (κ3) is 5.50. The fraction of sp³-hybridized carbons (Fsp3) is 0.261. The van der Waals surface area contributed by atoms with E-state index in [0.29, 0.717) is 20.2 Å². The van der Waals surface area contributed by atoms with Gasteiger partial charge in [0.15, 0.2) is 0 Å². The van der Waals surface area contributed by atoms with Crippen LogP contribution in [0.25, 0.3) is 10.9 Å². The molecule has 0 atom stereocenters. The van der Waals surface area contributed by atoms with Gasteiger partial charge in [-0.25, -0.2) is 13.4 Å². The lowest BCUT2D eigenvalue weighted by Gasteiger charge is -2.34. The van der Waals surface area contributed by atoms with E-state index in [4.69, 9.17) is 4.74 Å². The number of para-hydroxylation sites is 1. The van der Waals surface area contributed by atoms with Gasteiger partial charge in [0.1, 0.15) is 11.4 Å². The number of ether oxygens (including phenoxy) is 1. The smallest absolute Gasteiger partial charge is 0.270 e. The van der Waals surface area contributed by atoms with Crippen LogP contribution < -0.4 is 10.1 Å². The van der Waals surface area contributed by atoms with E-state index in [-0.39, 0.29) is 49.2 Å². The van der Waals surface area contributed by atoms with Gasteiger partial charge in [-0.1, -0.05) is 28.1 Å². The molecular formula is C23H22Br2N4O5S. The molecule has 1 N–H and O–H groups in total. The van der Waals surface area contributed by atoms with Gasteiger partial charge in [0, 0.05) is 46.6 Å². The van der Waals surface area contributed by atoms with E-state index in [1.54, 1.807) is 24.3 Å². The summed E-state index contributed by atoms with van der Waals surface area (Å²) < 4.78 is 34.0. The Hall–Kier alpha value is -2.54. The number of hydrogen-bond acceptors (Lipinski definition) is 6. The minimum absolute atomic E-state index is 0.142. The zero-order chi connectivity index (χ0) is 25.2. The van der Waals surface area contributed by atoms with E-state index in [9.17, 15) is 18.0 Å². The summed E-state index contributed by atoms with van der Waals surface area (Å²) in [5.41, 5.74) is 0.751. The highest BCUT2D eigenvalue weighted by Crippen LogP contribution is 2.29. The van der Waals surface area contributed by atoms with E-state index < -0.39 is 15.9 Å². The highest BCUT2D eigenvalue weighted by Gasteiger charge is 2.31. The number of sulfonamides is 1. The predicted molar refractivity (Wildman–Crippen MR) is 138 cm³/mol. The molecule has 0 saturated carbocycles. The van der Waals surface area contributed by atoms with Crippen LogP contribution in [0.2, 0.25) is 0 Å². The van der Waals surface area contributed by atoms with Crippen LogP contribution in [-0.4, -0.2) is 74.3 Å². The summed E-state index contributed by atoms with van der Waals surface area (Å²) in [6.07, 6.45) is 0. The van der Waals surface area contributed by atoms with Gasteiger partial charge < -0.3 is 15.0 Å². The van der Waals surface area contributed by atoms with E-state index in [2.05, 4.69) is 42.2 Å². The number of halogens is 2. The molecule has 9 nitrogen and oxygen atoms in total. The van der Waals surface area contributed by atoms with Gasteiger partial charge in [-0.3, -0.25) is 9.59 Å². The van der Waals surface area contributed by atoms with Crippen molar-refractivity contribution in [3.63, 3.8) is 0 Å². The molecule has 12 heteroatoms. The Morgan fingerprint density at radius 3 is 2.49 bits per heavy atom. The topological polar surface area (TPSA) is 109 Å². The largest absolute Gasteiger partial charge is 0.496 e. The van der Waals surface area contributed by atoms with Crippen LogP contribution in [0.4, 0.5) is 0 Å². The predicted octanol–water partition coefficient (Wildman–Crippen LogP) is 3.03. The maximum Gasteiger partial charge on any atom is 0.270 e. The van der Waals surface area contributed by atoms with Crippen LogP contribution in [-0.2, 0) is 14.8 Å². The third-order valence-corrected chi connectivity index (χ3v) is 9.02. The first-order valence-electron chi connectivity index (χ1n) is 10.7. The number of piperazine rings is 1. The SMILES string of the molecule is COc1cc(C(=O)NCC(=O)N2CCN(S(=O)(=O)c3cc(Br)ccc3Br)CC2)nc2ccccc12. The van der Waals surface area contributed by atoms with Crippen molar-refractivity contribution >= 4 is 64.6 Å². The molecular weight excluding hydrogens is 604 g/mol. The number of amides is 2. The molecule has 0 aliphatic carbocycles. The molecule has 0 bridgehead atoms. The molecule has 2 aromatic carbocycles. The first-order valence-corrected chi connectivity index (χ1v) is 13.7. The lowest BCUT2D eigenvalue weighted by atomic mass is 10.1. The van der Waals surface area contributed by atoms with Crippen LogP contribution in [0.5, 0.6) is 5.75 Å². The van der Waals surface area contributed by atoms with Gasteiger partial charge in [0.05, 0.1) is 24.1 Å². The lowest BCUT2D eigenvalue weighted by Crippen LogP contribution is -2.52. The average molecular weight is 626 g/mol. The Bertz CT molecular complexity index is 1390. The van der Waals surface area contributed by atoms with E-state index >= 15 is 0 Å². The summed E-state index contributed by atoms with van der Waals surface area (Å²) >= 11 is 6.60. The molecule has 35 heavy (non-hydrogen) atoms. The number of aromatic nitrogens is 1. The van der Waals surface area contributed by atoms with Crippen LogP contribution in [0.3, 0.4) is 0 Å². The zero-order valence-corrected chi connectivity index (χ0v) is 22.7. The maximum atomic E-state index is 13.1. The molecule has 2 amide bonds. The Kier molecular flexibility index (Phi) is 7.74. The number of rotatable bonds is 6. The van der Waals surface area contributed by atoms with Gasteiger partial charge in [-0.05, 0) is 46.3 Å². The lowest BCUT2D eigenvalue weighted by molar-refractivity contribution is -0.131. The van der Waals surface area contributed by atoms with Gasteiger partial charge in [0.25, 0.3) is 5.91 Å². The number of nitrogens with zero attached hydrogens (tertiary/aromatic N) is 3. The molecule has 3 aromatic rings. The van der Waals surface area contributed by atoms with E-state index in [0.717, 1.165) is 5.39 Å². The molecule has 0 spiro atoms. The van der Waals surface area contributed by atoms with Crippen LogP contribution in [0, 0.1) is 0 Å². The Labute approximate surface area is 219 Å². The minimum atomic E-state index is -3.72. The fourth-order valence-corrected chi connectivity index (χ4v) is 6.66. The highest BCUT2D eigenvalue weighted by atomic mass is 79.9. The molecule has 1 aliphatic rings. The van der Waals surface area contributed by atoms with Crippen molar-refractivity contribution in [2.45, 2.75) is 4.90 Å². The molecule has 2 heterocycles. The Morgan fingerprint density at radius 1 is 1.06 bits per heavy atom. The number of carbonyl (C=O) groups excluding carboxylic acids is 2. The summed E-state index contributed by atoms with van der Waals surface area (Å²) in [5.74, 6) is -0.281. The first-order chi connectivity index (χ1) is 16.7. The molecule has 1 aromatic heterocycles. The summed E-state index contributed by atoms with van der Waals surface area (Å²) in [6.45, 7) is 0.539. The molecule has 0 unspecified atom stereocenters. The maximum absolute atomic E-state index is 13.1. The van der Waals surface area contributed by atoms with Gasteiger partial charge >= 0.3 is 0 Å². The summed E-state index contributed by atoms with van der Waals surface area (Å²) in [4.78, 5) is 31.4. The molecule has 4 rings (SSSR count). The third-order valence-electron chi connectivity index (χ3n) is 5.63. The van der Waals surface area contributed by atoms with Crippen molar-refractivity contribution in [2.75, 3.05) is 39.8 Å². The van der Waals surface area contributed by atoms with Crippen molar-refractivity contribution in [2.24, 2.45) is 0 Å². The van der Waals surface area contributed by atoms with Gasteiger partial charge in [0.2, 0.25) is 15.9 Å². The van der Waals surface area contributed by atoms with E-state index in [1.165, 1.54) is 22.4 Å². The van der Waals surface area contributed by atoms with Crippen LogP contribution in [0.1, 0.15) is 10.5 Å². The number of nitrogens with one attached hydrogen (secondary N) is 1. The quantitative estimate of drug-likeness (QED) is 0.451. The van der Waals surface area contributed by atoms with Crippen LogP contribution in [0.15, 0.2) is 62.4 Å². The average Bonchev–Trinajstić information content (AvgIpc) is 2.87. The normalized spacial score (nSPS) is 14.7. The second-order valence-corrected chi connectivity index (χ2v) is 11.4. The van der Waals surface area contributed by atoms with Crippen molar-refractivity contribution in [3.8, 4) is 5.75 Å². The fourth-order valence-electron chi connectivity index (χ4n) is 3.78. The molecule has 1 aliphatic heterocycles. The molecule has 184 valence electrons. The highest BCUT2D eigenvalue weighted by molar-refractivity contribution is 9.11. The monoisotopic (exact) mass is 624 g/mol. The number of methoxy groups -OCH3 is 1. The molecule has 0 radical (unpaired) electrons. The van der Waals surface area contributed by atoms with Crippen molar-refractivity contribution in [1.29, 1.82) is 0 Å². The first kappa shape index (κ1) is 25.5. The van der Waals surface area contributed by atoms with Crippen molar-refractivity contribution < 1.29 is 22.7 Å². The number of carbonyl (C=O) groups is 2. The summed E-state index contributed by atoms with van der Waals surface area (Å²) in [7, 11) is -2.21. The van der Waals surface area contributed by atoms with E-state index in [1.807, 2.05) is 18.2 Å².